The lowest BCUT2D eigenvalue weighted by atomic mass is 10.1. The molecule has 2 N–H and O–H groups in total. The summed E-state index contributed by atoms with van der Waals surface area (Å²) in [6.45, 7) is 2.31. The number of hydrogen-bond acceptors (Lipinski definition) is 2. The molecule has 1 heterocycles. The highest BCUT2D eigenvalue weighted by atomic mass is 16.4. The van der Waals surface area contributed by atoms with E-state index in [-0.39, 0.29) is 11.3 Å². The molecule has 2 aromatic carbocycles. The van der Waals surface area contributed by atoms with Gasteiger partial charge in [0, 0.05) is 0 Å². The number of benzene rings is 2. The van der Waals surface area contributed by atoms with Gasteiger partial charge >= 0.3 is 11.7 Å². The smallest absolute Gasteiger partial charge is 0.337 e. The van der Waals surface area contributed by atoms with Crippen LogP contribution in [0, 0.1) is 6.92 Å². The molecule has 0 spiro atoms. The Kier molecular flexibility index (Phi) is 3.10. The van der Waals surface area contributed by atoms with Crippen LogP contribution in [0.1, 0.15) is 21.5 Å². The Hall–Kier alpha value is -2.82. The lowest BCUT2D eigenvalue weighted by Crippen LogP contribution is -2.18. The Morgan fingerprint density at radius 2 is 2.00 bits per heavy atom. The molecule has 3 aromatic rings. The predicted molar refractivity (Wildman–Crippen MR) is 79.8 cm³/mol. The third-order valence-corrected chi connectivity index (χ3v) is 3.45. The Balaban J connectivity index is 2.20. The highest BCUT2D eigenvalue weighted by molar-refractivity contribution is 6.01. The molecule has 5 nitrogen and oxygen atoms in total. The summed E-state index contributed by atoms with van der Waals surface area (Å²) >= 11 is 0. The number of hydrogen-bond donors (Lipinski definition) is 2. The summed E-state index contributed by atoms with van der Waals surface area (Å²) in [5.74, 6) is -1.04. The maximum absolute atomic E-state index is 12.1. The first kappa shape index (κ1) is 13.2. The molecule has 106 valence electrons. The summed E-state index contributed by atoms with van der Waals surface area (Å²) in [5, 5.41) is 9.30. The van der Waals surface area contributed by atoms with E-state index in [9.17, 15) is 14.7 Å². The molecule has 0 saturated carbocycles. The molecule has 0 fully saturated rings. The fourth-order valence-corrected chi connectivity index (χ4v) is 2.54. The summed E-state index contributed by atoms with van der Waals surface area (Å²) in [5.41, 5.74) is 2.83. The van der Waals surface area contributed by atoms with Gasteiger partial charge in [-0.05, 0) is 24.6 Å². The summed E-state index contributed by atoms with van der Waals surface area (Å²) in [6, 6.07) is 12.6. The van der Waals surface area contributed by atoms with E-state index < -0.39 is 5.97 Å². The lowest BCUT2D eigenvalue weighted by Gasteiger charge is -2.06. The van der Waals surface area contributed by atoms with Crippen molar-refractivity contribution < 1.29 is 9.90 Å². The summed E-state index contributed by atoms with van der Waals surface area (Å²) < 4.78 is 1.47. The van der Waals surface area contributed by atoms with Gasteiger partial charge in [-0.25, -0.2) is 9.59 Å². The molecule has 1 aromatic heterocycles. The normalized spacial score (nSPS) is 10.9. The van der Waals surface area contributed by atoms with Gasteiger partial charge < -0.3 is 10.1 Å². The van der Waals surface area contributed by atoms with E-state index >= 15 is 0 Å². The van der Waals surface area contributed by atoms with Crippen molar-refractivity contribution in [2.75, 3.05) is 0 Å². The van der Waals surface area contributed by atoms with Crippen molar-refractivity contribution in [1.82, 2.24) is 9.55 Å². The van der Waals surface area contributed by atoms with Crippen LogP contribution in [0.15, 0.2) is 47.3 Å². The molecule has 5 heteroatoms. The van der Waals surface area contributed by atoms with Crippen LogP contribution in [0.4, 0.5) is 0 Å². The van der Waals surface area contributed by atoms with Crippen LogP contribution >= 0.6 is 0 Å². The van der Waals surface area contributed by atoms with E-state index in [4.69, 9.17) is 0 Å². The number of carbonyl (C=O) groups is 1. The molecular weight excluding hydrogens is 268 g/mol. The first-order chi connectivity index (χ1) is 10.1. The van der Waals surface area contributed by atoms with E-state index in [0.717, 1.165) is 11.1 Å². The van der Waals surface area contributed by atoms with Crippen LogP contribution in [0.3, 0.4) is 0 Å². The first-order valence-electron chi connectivity index (χ1n) is 6.56. The molecule has 0 amide bonds. The quantitative estimate of drug-likeness (QED) is 0.774. The van der Waals surface area contributed by atoms with Crippen molar-refractivity contribution in [3.63, 3.8) is 0 Å². The van der Waals surface area contributed by atoms with E-state index in [1.165, 1.54) is 10.6 Å². The second kappa shape index (κ2) is 4.94. The minimum absolute atomic E-state index is 0.124. The average molecular weight is 282 g/mol. The third kappa shape index (κ3) is 2.33. The van der Waals surface area contributed by atoms with Crippen LogP contribution in [0.25, 0.3) is 11.0 Å². The van der Waals surface area contributed by atoms with Gasteiger partial charge in [0.2, 0.25) is 0 Å². The number of aromatic nitrogens is 2. The number of nitrogens with zero attached hydrogens (tertiary/aromatic N) is 1. The highest BCUT2D eigenvalue weighted by Gasteiger charge is 2.15. The fraction of sp³-hybridized carbons (Fsp3) is 0.125. The SMILES string of the molecule is Cc1cccc(Cn2c(=O)[nH]c3cccc(C(=O)O)c32)c1. The zero-order valence-corrected chi connectivity index (χ0v) is 11.5. The van der Waals surface area contributed by atoms with E-state index in [0.29, 0.717) is 17.6 Å². The first-order valence-corrected chi connectivity index (χ1v) is 6.56. The lowest BCUT2D eigenvalue weighted by molar-refractivity contribution is 0.0698. The van der Waals surface area contributed by atoms with Gasteiger partial charge in [0.25, 0.3) is 0 Å². The summed E-state index contributed by atoms with van der Waals surface area (Å²) in [7, 11) is 0. The maximum atomic E-state index is 12.1. The number of rotatable bonds is 3. The number of para-hydroxylation sites is 1. The molecule has 0 aliphatic rings. The number of aromatic carboxylic acids is 1. The van der Waals surface area contributed by atoms with Gasteiger partial charge in [-0.2, -0.15) is 0 Å². The van der Waals surface area contributed by atoms with E-state index in [2.05, 4.69) is 4.98 Å². The number of nitrogens with one attached hydrogen (secondary N) is 1. The number of aryl methyl sites for hydroxylation is 1. The maximum Gasteiger partial charge on any atom is 0.337 e. The molecule has 0 radical (unpaired) electrons. The zero-order chi connectivity index (χ0) is 15.0. The molecule has 3 rings (SSSR count). The summed E-state index contributed by atoms with van der Waals surface area (Å²) in [4.78, 5) is 26.2. The van der Waals surface area contributed by atoms with E-state index in [1.807, 2.05) is 31.2 Å². The number of fused-ring (bicyclic) bond motifs is 1. The average Bonchev–Trinajstić information content (AvgIpc) is 2.75. The number of imidazole rings is 1. The van der Waals surface area contributed by atoms with Crippen LogP contribution in [-0.2, 0) is 6.54 Å². The van der Waals surface area contributed by atoms with Gasteiger partial charge in [-0.1, -0.05) is 35.9 Å². The van der Waals surface area contributed by atoms with Crippen LogP contribution in [-0.4, -0.2) is 20.6 Å². The van der Waals surface area contributed by atoms with Crippen molar-refractivity contribution in [1.29, 1.82) is 0 Å². The topological polar surface area (TPSA) is 75.1 Å². The Bertz CT molecular complexity index is 890. The molecule has 0 aliphatic carbocycles. The number of H-pyrrole nitrogens is 1. The fourth-order valence-electron chi connectivity index (χ4n) is 2.54. The Morgan fingerprint density at radius 1 is 1.24 bits per heavy atom. The molecule has 0 aliphatic heterocycles. The van der Waals surface area contributed by atoms with Crippen molar-refractivity contribution in [2.45, 2.75) is 13.5 Å². The molecule has 21 heavy (non-hydrogen) atoms. The van der Waals surface area contributed by atoms with Crippen molar-refractivity contribution in [3.8, 4) is 0 Å². The minimum atomic E-state index is -1.04. The molecule has 0 bridgehead atoms. The Labute approximate surface area is 120 Å². The van der Waals surface area contributed by atoms with Gasteiger partial charge in [-0.15, -0.1) is 0 Å². The van der Waals surface area contributed by atoms with Crippen molar-refractivity contribution in [2.24, 2.45) is 0 Å². The molecule has 0 atom stereocenters. The van der Waals surface area contributed by atoms with Crippen molar-refractivity contribution in [3.05, 3.63) is 69.6 Å². The largest absolute Gasteiger partial charge is 0.478 e. The predicted octanol–water partition coefficient (Wildman–Crippen LogP) is 2.38. The standard InChI is InChI=1S/C16H14N2O3/c1-10-4-2-5-11(8-10)9-18-14-12(15(19)20)6-3-7-13(14)17-16(18)21/h2-8H,9H2,1H3,(H,17,21)(H,19,20). The molecule has 0 saturated heterocycles. The third-order valence-electron chi connectivity index (χ3n) is 3.45. The van der Waals surface area contributed by atoms with Gasteiger partial charge in [0.1, 0.15) is 0 Å². The number of carboxylic acids is 1. The molecular formula is C16H14N2O3. The minimum Gasteiger partial charge on any atom is -0.478 e. The summed E-state index contributed by atoms with van der Waals surface area (Å²) in [6.07, 6.45) is 0. The highest BCUT2D eigenvalue weighted by Crippen LogP contribution is 2.17. The van der Waals surface area contributed by atoms with Gasteiger partial charge in [-0.3, -0.25) is 4.57 Å². The molecule has 0 unspecified atom stereocenters. The Morgan fingerprint density at radius 3 is 2.71 bits per heavy atom. The second-order valence-corrected chi connectivity index (χ2v) is 5.01. The van der Waals surface area contributed by atoms with Crippen LogP contribution < -0.4 is 5.69 Å². The number of carboxylic acid groups (broad SMARTS) is 1. The zero-order valence-electron chi connectivity index (χ0n) is 11.5. The van der Waals surface area contributed by atoms with Gasteiger partial charge in [0.05, 0.1) is 23.1 Å². The van der Waals surface area contributed by atoms with Crippen LogP contribution in [0.5, 0.6) is 0 Å². The van der Waals surface area contributed by atoms with E-state index in [1.54, 1.807) is 12.1 Å². The second-order valence-electron chi connectivity index (χ2n) is 5.01. The number of aromatic amines is 1. The monoisotopic (exact) mass is 282 g/mol. The van der Waals surface area contributed by atoms with Gasteiger partial charge in [0.15, 0.2) is 0 Å². The van der Waals surface area contributed by atoms with Crippen molar-refractivity contribution >= 4 is 17.0 Å². The van der Waals surface area contributed by atoms with Crippen LogP contribution in [0.2, 0.25) is 0 Å².